The van der Waals surface area contributed by atoms with Crippen LogP contribution in [0.5, 0.6) is 0 Å². The summed E-state index contributed by atoms with van der Waals surface area (Å²) in [5.74, 6) is 0. The molecule has 1 heterocycles. The SMILES string of the molecule is Nc1c(-c2ccoc2)cc(Cl)cc1S(N)(=O)=O. The highest BCUT2D eigenvalue weighted by molar-refractivity contribution is 7.89. The minimum Gasteiger partial charge on any atom is -0.472 e. The van der Waals surface area contributed by atoms with Crippen molar-refractivity contribution in [1.29, 1.82) is 0 Å². The number of hydrogen-bond acceptors (Lipinski definition) is 4. The number of halogens is 1. The van der Waals surface area contributed by atoms with Crippen molar-refractivity contribution in [2.24, 2.45) is 5.14 Å². The Bertz CT molecular complexity index is 650. The number of sulfonamides is 1. The van der Waals surface area contributed by atoms with Gasteiger partial charge in [-0.25, -0.2) is 13.6 Å². The van der Waals surface area contributed by atoms with Crippen molar-refractivity contribution < 1.29 is 12.8 Å². The van der Waals surface area contributed by atoms with Crippen molar-refractivity contribution in [2.45, 2.75) is 4.90 Å². The highest BCUT2D eigenvalue weighted by Gasteiger charge is 2.17. The summed E-state index contributed by atoms with van der Waals surface area (Å²) < 4.78 is 27.6. The lowest BCUT2D eigenvalue weighted by atomic mass is 10.1. The van der Waals surface area contributed by atoms with Gasteiger partial charge < -0.3 is 10.2 Å². The maximum Gasteiger partial charge on any atom is 0.240 e. The summed E-state index contributed by atoms with van der Waals surface area (Å²) in [5.41, 5.74) is 6.93. The first-order valence-corrected chi connectivity index (χ1v) is 6.46. The maximum absolute atomic E-state index is 11.3. The lowest BCUT2D eigenvalue weighted by molar-refractivity contribution is 0.568. The van der Waals surface area contributed by atoms with E-state index in [-0.39, 0.29) is 15.6 Å². The fraction of sp³-hybridized carbons (Fsp3) is 0. The van der Waals surface area contributed by atoms with Crippen LogP contribution < -0.4 is 10.9 Å². The smallest absolute Gasteiger partial charge is 0.240 e. The second-order valence-electron chi connectivity index (χ2n) is 3.42. The van der Waals surface area contributed by atoms with Gasteiger partial charge in [0.25, 0.3) is 0 Å². The maximum atomic E-state index is 11.3. The summed E-state index contributed by atoms with van der Waals surface area (Å²) in [6, 6.07) is 4.42. The Hall–Kier alpha value is -1.50. The van der Waals surface area contributed by atoms with Crippen molar-refractivity contribution in [1.82, 2.24) is 0 Å². The lowest BCUT2D eigenvalue weighted by Gasteiger charge is -2.09. The van der Waals surface area contributed by atoms with E-state index in [1.54, 1.807) is 12.1 Å². The van der Waals surface area contributed by atoms with Gasteiger partial charge in [-0.1, -0.05) is 11.6 Å². The van der Waals surface area contributed by atoms with E-state index in [2.05, 4.69) is 0 Å². The van der Waals surface area contributed by atoms with Gasteiger partial charge in [-0.2, -0.15) is 0 Å². The average Bonchev–Trinajstić information content (AvgIpc) is 2.72. The van der Waals surface area contributed by atoms with E-state index >= 15 is 0 Å². The van der Waals surface area contributed by atoms with E-state index in [1.165, 1.54) is 18.6 Å². The predicted molar refractivity (Wildman–Crippen MR) is 64.9 cm³/mol. The van der Waals surface area contributed by atoms with Crippen molar-refractivity contribution in [2.75, 3.05) is 5.73 Å². The van der Waals surface area contributed by atoms with E-state index in [9.17, 15) is 8.42 Å². The molecule has 1 aromatic carbocycles. The third-order valence-electron chi connectivity index (χ3n) is 2.25. The second kappa shape index (κ2) is 4.06. The monoisotopic (exact) mass is 272 g/mol. The molecule has 4 N–H and O–H groups in total. The topological polar surface area (TPSA) is 99.3 Å². The molecule has 5 nitrogen and oxygen atoms in total. The van der Waals surface area contributed by atoms with Crippen molar-refractivity contribution in [3.63, 3.8) is 0 Å². The number of hydrogen-bond donors (Lipinski definition) is 2. The fourth-order valence-electron chi connectivity index (χ4n) is 1.48. The molecule has 0 bridgehead atoms. The molecule has 0 spiro atoms. The first-order chi connectivity index (χ1) is 7.89. The zero-order valence-corrected chi connectivity index (χ0v) is 10.1. The standard InChI is InChI=1S/C10H9ClN2O3S/c11-7-3-8(6-1-2-16-5-6)10(12)9(4-7)17(13,14)15/h1-5H,12H2,(H2,13,14,15). The van der Waals surface area contributed by atoms with E-state index in [1.807, 2.05) is 0 Å². The zero-order valence-electron chi connectivity index (χ0n) is 8.55. The van der Waals surface area contributed by atoms with E-state index in [4.69, 9.17) is 26.9 Å². The first-order valence-electron chi connectivity index (χ1n) is 4.54. The molecule has 17 heavy (non-hydrogen) atoms. The molecule has 7 heteroatoms. The Morgan fingerprint density at radius 1 is 1.29 bits per heavy atom. The number of anilines is 1. The van der Waals surface area contributed by atoms with E-state index in [0.717, 1.165) is 0 Å². The molecule has 0 unspecified atom stereocenters. The zero-order chi connectivity index (χ0) is 12.6. The Morgan fingerprint density at radius 3 is 2.53 bits per heavy atom. The van der Waals surface area contributed by atoms with Gasteiger partial charge in [0, 0.05) is 16.1 Å². The predicted octanol–water partition coefficient (Wildman–Crippen LogP) is 1.83. The third kappa shape index (κ3) is 2.28. The van der Waals surface area contributed by atoms with Crippen LogP contribution in [0, 0.1) is 0 Å². The average molecular weight is 273 g/mol. The van der Waals surface area contributed by atoms with Crippen molar-refractivity contribution >= 4 is 27.3 Å². The molecule has 0 aliphatic rings. The van der Waals surface area contributed by atoms with Crippen molar-refractivity contribution in [3.05, 3.63) is 35.7 Å². The number of nitrogen functional groups attached to an aromatic ring is 1. The van der Waals surface area contributed by atoms with Gasteiger partial charge in [-0.15, -0.1) is 0 Å². The van der Waals surface area contributed by atoms with E-state index < -0.39 is 10.0 Å². The van der Waals surface area contributed by atoms with Gasteiger partial charge in [0.15, 0.2) is 0 Å². The molecular weight excluding hydrogens is 264 g/mol. The third-order valence-corrected chi connectivity index (χ3v) is 3.41. The number of nitrogens with two attached hydrogens (primary N) is 2. The molecule has 0 saturated carbocycles. The van der Waals surface area contributed by atoms with Crippen LogP contribution in [0.4, 0.5) is 5.69 Å². The van der Waals surface area contributed by atoms with E-state index in [0.29, 0.717) is 11.1 Å². The van der Waals surface area contributed by atoms with Crippen LogP contribution in [0.15, 0.2) is 40.0 Å². The summed E-state index contributed by atoms with van der Waals surface area (Å²) in [5, 5.41) is 5.29. The molecule has 2 rings (SSSR count). The summed E-state index contributed by atoms with van der Waals surface area (Å²) in [4.78, 5) is -0.193. The van der Waals surface area contributed by atoms with Gasteiger partial charge >= 0.3 is 0 Å². The van der Waals surface area contributed by atoms with Gasteiger partial charge in [-0.3, -0.25) is 0 Å². The largest absolute Gasteiger partial charge is 0.472 e. The molecule has 0 atom stereocenters. The molecule has 0 radical (unpaired) electrons. The Morgan fingerprint density at radius 2 is 2.00 bits per heavy atom. The normalized spacial score (nSPS) is 11.6. The van der Waals surface area contributed by atoms with Crippen molar-refractivity contribution in [3.8, 4) is 11.1 Å². The van der Waals surface area contributed by atoms with Crippen LogP contribution in [-0.4, -0.2) is 8.42 Å². The van der Waals surface area contributed by atoms with Crippen LogP contribution >= 0.6 is 11.6 Å². The Kier molecular flexibility index (Phi) is 2.86. The molecule has 1 aromatic heterocycles. The number of furan rings is 1. The molecule has 0 aliphatic carbocycles. The molecule has 0 saturated heterocycles. The molecule has 0 fully saturated rings. The van der Waals surface area contributed by atoms with Crippen LogP contribution in [0.3, 0.4) is 0 Å². The van der Waals surface area contributed by atoms with Crippen LogP contribution in [0.1, 0.15) is 0 Å². The highest BCUT2D eigenvalue weighted by Crippen LogP contribution is 2.34. The minimum absolute atomic E-state index is 0.0540. The summed E-state index contributed by atoms with van der Waals surface area (Å²) in [7, 11) is -3.91. The lowest BCUT2D eigenvalue weighted by Crippen LogP contribution is -2.14. The second-order valence-corrected chi connectivity index (χ2v) is 5.39. The first kappa shape index (κ1) is 12.0. The molecule has 0 aliphatic heterocycles. The summed E-state index contributed by atoms with van der Waals surface area (Å²) in [6.07, 6.45) is 2.89. The Balaban J connectivity index is 2.75. The van der Waals surface area contributed by atoms with Crippen LogP contribution in [-0.2, 0) is 10.0 Å². The van der Waals surface area contributed by atoms with Gasteiger partial charge in [-0.05, 0) is 18.2 Å². The highest BCUT2D eigenvalue weighted by atomic mass is 35.5. The quantitative estimate of drug-likeness (QED) is 0.815. The molecule has 0 amide bonds. The Labute approximate surface area is 103 Å². The fourth-order valence-corrected chi connectivity index (χ4v) is 2.48. The summed E-state index contributed by atoms with van der Waals surface area (Å²) >= 11 is 5.84. The number of primary sulfonamides is 1. The van der Waals surface area contributed by atoms with Crippen LogP contribution in [0.25, 0.3) is 11.1 Å². The van der Waals surface area contributed by atoms with Gasteiger partial charge in [0.05, 0.1) is 18.2 Å². The molecular formula is C10H9ClN2O3S. The molecule has 90 valence electrons. The number of rotatable bonds is 2. The number of benzene rings is 1. The van der Waals surface area contributed by atoms with Crippen LogP contribution in [0.2, 0.25) is 5.02 Å². The summed E-state index contributed by atoms with van der Waals surface area (Å²) in [6.45, 7) is 0. The minimum atomic E-state index is -3.91. The van der Waals surface area contributed by atoms with Gasteiger partial charge in [0.1, 0.15) is 4.90 Å². The molecule has 2 aromatic rings. The van der Waals surface area contributed by atoms with Gasteiger partial charge in [0.2, 0.25) is 10.0 Å².